The average Bonchev–Trinajstić information content (AvgIpc) is 2.49. The fraction of sp³-hybridized carbons (Fsp3) is 1.00. The Bertz CT molecular complexity index is 174. The molecule has 2 N–H and O–H groups in total. The molecule has 90 valence electrons. The van der Waals surface area contributed by atoms with E-state index in [2.05, 4.69) is 43.4 Å². The summed E-state index contributed by atoms with van der Waals surface area (Å²) in [6.45, 7) is 11.2. The Morgan fingerprint density at radius 1 is 1.27 bits per heavy atom. The van der Waals surface area contributed by atoms with Crippen LogP contribution < -0.4 is 10.6 Å². The van der Waals surface area contributed by atoms with Gasteiger partial charge in [0.2, 0.25) is 0 Å². The van der Waals surface area contributed by atoms with Crippen LogP contribution in [0.4, 0.5) is 0 Å². The molecule has 0 bridgehead atoms. The number of hydrogen-bond acceptors (Lipinski definition) is 3. The molecule has 1 saturated heterocycles. The van der Waals surface area contributed by atoms with E-state index >= 15 is 0 Å². The van der Waals surface area contributed by atoms with Crippen molar-refractivity contribution in [3.8, 4) is 0 Å². The van der Waals surface area contributed by atoms with Gasteiger partial charge < -0.3 is 15.5 Å². The Hall–Kier alpha value is -0.120. The van der Waals surface area contributed by atoms with E-state index in [0.717, 1.165) is 25.7 Å². The second-order valence-corrected chi connectivity index (χ2v) is 5.66. The molecule has 1 unspecified atom stereocenters. The van der Waals surface area contributed by atoms with Gasteiger partial charge in [0.15, 0.2) is 0 Å². The van der Waals surface area contributed by atoms with Gasteiger partial charge in [-0.25, -0.2) is 0 Å². The maximum absolute atomic E-state index is 3.53. The minimum absolute atomic E-state index is 0.242. The maximum Gasteiger partial charge on any atom is 0.0218 e. The molecule has 0 aromatic carbocycles. The van der Waals surface area contributed by atoms with Crippen LogP contribution in [-0.2, 0) is 0 Å². The van der Waals surface area contributed by atoms with Crippen LogP contribution in [0.2, 0.25) is 0 Å². The van der Waals surface area contributed by atoms with Crippen molar-refractivity contribution in [3.63, 3.8) is 0 Å². The van der Waals surface area contributed by atoms with E-state index in [9.17, 15) is 0 Å². The highest BCUT2D eigenvalue weighted by molar-refractivity contribution is 4.78. The van der Waals surface area contributed by atoms with Crippen molar-refractivity contribution in [3.05, 3.63) is 0 Å². The van der Waals surface area contributed by atoms with Crippen molar-refractivity contribution in [2.45, 2.75) is 45.2 Å². The number of likely N-dealkylation sites (tertiary alicyclic amines) is 1. The number of nitrogens with one attached hydrogen (secondary N) is 2. The van der Waals surface area contributed by atoms with E-state index in [-0.39, 0.29) is 5.54 Å². The molecule has 0 saturated carbocycles. The fourth-order valence-corrected chi connectivity index (χ4v) is 2.03. The summed E-state index contributed by atoms with van der Waals surface area (Å²) in [5.41, 5.74) is 0.242. The van der Waals surface area contributed by atoms with Crippen LogP contribution in [0.5, 0.6) is 0 Å². The summed E-state index contributed by atoms with van der Waals surface area (Å²) in [6.07, 6.45) is 2.72. The first kappa shape index (κ1) is 12.9. The molecule has 1 aliphatic rings. The standard InChI is InChI=1S/C12H27N3/c1-12(2,3)14-8-7-13-10-11-6-5-9-15(11)4/h11,13-14H,5-10H2,1-4H3. The van der Waals surface area contributed by atoms with Crippen molar-refractivity contribution in [1.82, 2.24) is 15.5 Å². The molecule has 15 heavy (non-hydrogen) atoms. The first-order valence-electron chi connectivity index (χ1n) is 6.15. The van der Waals surface area contributed by atoms with Crippen LogP contribution in [0.3, 0.4) is 0 Å². The third-order valence-electron chi connectivity index (χ3n) is 3.01. The summed E-state index contributed by atoms with van der Waals surface area (Å²) in [7, 11) is 2.23. The van der Waals surface area contributed by atoms with Gasteiger partial charge in [-0.15, -0.1) is 0 Å². The normalized spacial score (nSPS) is 23.6. The average molecular weight is 213 g/mol. The molecule has 1 aliphatic heterocycles. The second kappa shape index (κ2) is 5.83. The van der Waals surface area contributed by atoms with Crippen molar-refractivity contribution >= 4 is 0 Å². The zero-order valence-electron chi connectivity index (χ0n) is 10.8. The SMILES string of the molecule is CN1CCCC1CNCCNC(C)(C)C. The van der Waals surface area contributed by atoms with Crippen LogP contribution in [0.15, 0.2) is 0 Å². The van der Waals surface area contributed by atoms with E-state index in [1.165, 1.54) is 19.4 Å². The number of hydrogen-bond donors (Lipinski definition) is 2. The van der Waals surface area contributed by atoms with Gasteiger partial charge in [-0.3, -0.25) is 0 Å². The number of nitrogens with zero attached hydrogens (tertiary/aromatic N) is 1. The van der Waals surface area contributed by atoms with Crippen molar-refractivity contribution in [2.75, 3.05) is 33.2 Å². The van der Waals surface area contributed by atoms with Gasteiger partial charge in [0.25, 0.3) is 0 Å². The molecule has 0 aliphatic carbocycles. The van der Waals surface area contributed by atoms with Crippen molar-refractivity contribution in [1.29, 1.82) is 0 Å². The predicted octanol–water partition coefficient (Wildman–Crippen LogP) is 1.06. The molecule has 0 aromatic heterocycles. The topological polar surface area (TPSA) is 27.3 Å². The summed E-state index contributed by atoms with van der Waals surface area (Å²) >= 11 is 0. The minimum atomic E-state index is 0.242. The summed E-state index contributed by atoms with van der Waals surface area (Å²) < 4.78 is 0. The second-order valence-electron chi connectivity index (χ2n) is 5.66. The smallest absolute Gasteiger partial charge is 0.0218 e. The number of likely N-dealkylation sites (N-methyl/N-ethyl adjacent to an activating group) is 1. The van der Waals surface area contributed by atoms with E-state index in [4.69, 9.17) is 0 Å². The lowest BCUT2D eigenvalue weighted by molar-refractivity contribution is 0.299. The van der Waals surface area contributed by atoms with Gasteiger partial charge in [-0.1, -0.05) is 0 Å². The Morgan fingerprint density at radius 2 is 2.00 bits per heavy atom. The largest absolute Gasteiger partial charge is 0.314 e. The quantitative estimate of drug-likeness (QED) is 0.669. The molecule has 0 aromatic rings. The van der Waals surface area contributed by atoms with Crippen molar-refractivity contribution < 1.29 is 0 Å². The van der Waals surface area contributed by atoms with Crippen LogP contribution in [0, 0.1) is 0 Å². The minimum Gasteiger partial charge on any atom is -0.314 e. The van der Waals surface area contributed by atoms with E-state index in [0.29, 0.717) is 0 Å². The van der Waals surface area contributed by atoms with Crippen LogP contribution in [-0.4, -0.2) is 49.7 Å². The van der Waals surface area contributed by atoms with E-state index < -0.39 is 0 Å². The molecule has 1 atom stereocenters. The molecule has 0 radical (unpaired) electrons. The maximum atomic E-state index is 3.53. The lowest BCUT2D eigenvalue weighted by Crippen LogP contribution is -2.42. The monoisotopic (exact) mass is 213 g/mol. The highest BCUT2D eigenvalue weighted by Gasteiger charge is 2.19. The molecule has 0 amide bonds. The highest BCUT2D eigenvalue weighted by atomic mass is 15.2. The molecule has 3 nitrogen and oxygen atoms in total. The zero-order chi connectivity index (χ0) is 11.3. The lowest BCUT2D eigenvalue weighted by Gasteiger charge is -2.22. The zero-order valence-corrected chi connectivity index (χ0v) is 10.8. The summed E-state index contributed by atoms with van der Waals surface area (Å²) in [6, 6.07) is 0.764. The lowest BCUT2D eigenvalue weighted by atomic mass is 10.1. The molecule has 1 rings (SSSR count). The van der Waals surface area contributed by atoms with Gasteiger partial charge in [0.1, 0.15) is 0 Å². The van der Waals surface area contributed by atoms with Gasteiger partial charge in [0.05, 0.1) is 0 Å². The first-order chi connectivity index (χ1) is 6.99. The van der Waals surface area contributed by atoms with Crippen LogP contribution in [0.25, 0.3) is 0 Å². The van der Waals surface area contributed by atoms with Crippen LogP contribution in [0.1, 0.15) is 33.6 Å². The van der Waals surface area contributed by atoms with Gasteiger partial charge in [0, 0.05) is 31.2 Å². The summed E-state index contributed by atoms with van der Waals surface area (Å²) in [5, 5.41) is 7.01. The number of rotatable bonds is 5. The first-order valence-corrected chi connectivity index (χ1v) is 6.15. The Kier molecular flexibility index (Phi) is 5.03. The molecule has 0 spiro atoms. The predicted molar refractivity (Wildman–Crippen MR) is 66.3 cm³/mol. The highest BCUT2D eigenvalue weighted by Crippen LogP contribution is 2.13. The Morgan fingerprint density at radius 3 is 2.53 bits per heavy atom. The summed E-state index contributed by atoms with van der Waals surface area (Å²) in [4.78, 5) is 2.46. The molecule has 1 fully saturated rings. The molecule has 3 heteroatoms. The van der Waals surface area contributed by atoms with E-state index in [1.807, 2.05) is 0 Å². The van der Waals surface area contributed by atoms with E-state index in [1.54, 1.807) is 0 Å². The van der Waals surface area contributed by atoms with Crippen LogP contribution >= 0.6 is 0 Å². The third-order valence-corrected chi connectivity index (χ3v) is 3.01. The Balaban J connectivity index is 1.97. The third kappa shape index (κ3) is 5.50. The molecule has 1 heterocycles. The van der Waals surface area contributed by atoms with Gasteiger partial charge >= 0.3 is 0 Å². The summed E-state index contributed by atoms with van der Waals surface area (Å²) in [5.74, 6) is 0. The molecular formula is C12H27N3. The molecular weight excluding hydrogens is 186 g/mol. The fourth-order valence-electron chi connectivity index (χ4n) is 2.03. The van der Waals surface area contributed by atoms with Crippen molar-refractivity contribution in [2.24, 2.45) is 0 Å². The Labute approximate surface area is 94.6 Å². The van der Waals surface area contributed by atoms with Gasteiger partial charge in [-0.05, 0) is 47.2 Å². The van der Waals surface area contributed by atoms with Gasteiger partial charge in [-0.2, -0.15) is 0 Å².